The summed E-state index contributed by atoms with van der Waals surface area (Å²) in [6.07, 6.45) is 1.37. The van der Waals surface area contributed by atoms with Gasteiger partial charge in [0.2, 0.25) is 0 Å². The zero-order valence-electron chi connectivity index (χ0n) is 6.39. The molecule has 0 heterocycles. The maximum Gasteiger partial charge on any atom is 0.0897 e. The molecular formula is C9H12FN. The third-order valence-corrected chi connectivity index (χ3v) is 1.55. The number of anilines is 1. The minimum absolute atomic E-state index is 0.255. The summed E-state index contributed by atoms with van der Waals surface area (Å²) >= 11 is 0. The quantitative estimate of drug-likeness (QED) is 0.662. The van der Waals surface area contributed by atoms with Gasteiger partial charge in [0.25, 0.3) is 0 Å². The molecule has 0 saturated carbocycles. The van der Waals surface area contributed by atoms with Gasteiger partial charge in [-0.2, -0.15) is 0 Å². The summed E-state index contributed by atoms with van der Waals surface area (Å²) in [7, 11) is 0. The molecule has 0 fully saturated rings. The van der Waals surface area contributed by atoms with Crippen LogP contribution in [0.3, 0.4) is 0 Å². The maximum atomic E-state index is 11.7. The van der Waals surface area contributed by atoms with Gasteiger partial charge in [0, 0.05) is 5.69 Å². The third-order valence-electron chi connectivity index (χ3n) is 1.55. The summed E-state index contributed by atoms with van der Waals surface area (Å²) in [5.74, 6) is 0. The first-order valence-corrected chi connectivity index (χ1v) is 3.73. The SMILES string of the molecule is Nc1cccc(CCCF)c1. The van der Waals surface area contributed by atoms with E-state index in [1.807, 2.05) is 24.3 Å². The minimum atomic E-state index is -0.255. The van der Waals surface area contributed by atoms with Crippen LogP contribution < -0.4 is 5.73 Å². The number of rotatable bonds is 3. The smallest absolute Gasteiger partial charge is 0.0897 e. The summed E-state index contributed by atoms with van der Waals surface area (Å²) in [4.78, 5) is 0. The predicted molar refractivity (Wildman–Crippen MR) is 45.2 cm³/mol. The topological polar surface area (TPSA) is 26.0 Å². The van der Waals surface area contributed by atoms with Gasteiger partial charge in [-0.25, -0.2) is 0 Å². The fourth-order valence-electron chi connectivity index (χ4n) is 1.02. The van der Waals surface area contributed by atoms with Crippen molar-refractivity contribution in [3.63, 3.8) is 0 Å². The zero-order valence-corrected chi connectivity index (χ0v) is 6.39. The van der Waals surface area contributed by atoms with Crippen LogP contribution in [0.4, 0.5) is 10.1 Å². The number of hydrogen-bond acceptors (Lipinski definition) is 1. The summed E-state index contributed by atoms with van der Waals surface area (Å²) in [5.41, 5.74) is 7.40. The molecule has 0 spiro atoms. The van der Waals surface area contributed by atoms with Gasteiger partial charge < -0.3 is 5.73 Å². The number of benzene rings is 1. The number of alkyl halides is 1. The molecule has 0 aliphatic heterocycles. The zero-order chi connectivity index (χ0) is 8.10. The molecule has 0 saturated heterocycles. The molecule has 1 aromatic carbocycles. The summed E-state index contributed by atoms with van der Waals surface area (Å²) in [6, 6.07) is 7.57. The van der Waals surface area contributed by atoms with Crippen LogP contribution in [0.15, 0.2) is 24.3 Å². The van der Waals surface area contributed by atoms with Crippen LogP contribution in [0.2, 0.25) is 0 Å². The highest BCUT2D eigenvalue weighted by Crippen LogP contribution is 2.08. The molecule has 0 unspecified atom stereocenters. The third kappa shape index (κ3) is 2.58. The van der Waals surface area contributed by atoms with Crippen molar-refractivity contribution >= 4 is 5.69 Å². The second kappa shape index (κ2) is 3.96. The Morgan fingerprint density at radius 2 is 2.18 bits per heavy atom. The van der Waals surface area contributed by atoms with Crippen LogP contribution in [0, 0.1) is 0 Å². The molecule has 2 N–H and O–H groups in total. The number of nitrogens with two attached hydrogens (primary N) is 1. The Kier molecular flexibility index (Phi) is 2.90. The lowest BCUT2D eigenvalue weighted by Gasteiger charge is -1.98. The highest BCUT2D eigenvalue weighted by Gasteiger charge is 1.92. The average molecular weight is 153 g/mol. The van der Waals surface area contributed by atoms with Gasteiger partial charge in [0.15, 0.2) is 0 Å². The van der Waals surface area contributed by atoms with Gasteiger partial charge in [-0.1, -0.05) is 12.1 Å². The Balaban J connectivity index is 2.56. The van der Waals surface area contributed by atoms with Gasteiger partial charge >= 0.3 is 0 Å². The monoisotopic (exact) mass is 153 g/mol. The van der Waals surface area contributed by atoms with E-state index in [2.05, 4.69) is 0 Å². The first-order valence-electron chi connectivity index (χ1n) is 3.73. The van der Waals surface area contributed by atoms with Crippen LogP contribution in [0.5, 0.6) is 0 Å². The first kappa shape index (κ1) is 8.05. The normalized spacial score (nSPS) is 9.91. The molecule has 0 atom stereocenters. The highest BCUT2D eigenvalue weighted by molar-refractivity contribution is 5.40. The fourth-order valence-corrected chi connectivity index (χ4v) is 1.02. The van der Waals surface area contributed by atoms with Crippen LogP contribution in [-0.4, -0.2) is 6.67 Å². The molecule has 0 aromatic heterocycles. The van der Waals surface area contributed by atoms with E-state index < -0.39 is 0 Å². The average Bonchev–Trinajstić information content (AvgIpc) is 2.01. The van der Waals surface area contributed by atoms with E-state index in [4.69, 9.17) is 5.73 Å². The summed E-state index contributed by atoms with van der Waals surface area (Å²) < 4.78 is 11.7. The number of aryl methyl sites for hydroxylation is 1. The molecule has 1 rings (SSSR count). The molecule has 1 nitrogen and oxygen atoms in total. The van der Waals surface area contributed by atoms with E-state index in [1.54, 1.807) is 0 Å². The number of hydrogen-bond donors (Lipinski definition) is 1. The molecule has 0 amide bonds. The lowest BCUT2D eigenvalue weighted by molar-refractivity contribution is 0.473. The summed E-state index contributed by atoms with van der Waals surface area (Å²) in [6.45, 7) is -0.255. The summed E-state index contributed by atoms with van der Waals surface area (Å²) in [5, 5.41) is 0. The van der Waals surface area contributed by atoms with Crippen molar-refractivity contribution in [3.8, 4) is 0 Å². The van der Waals surface area contributed by atoms with Crippen molar-refractivity contribution < 1.29 is 4.39 Å². The molecule has 0 aliphatic rings. The second-order valence-corrected chi connectivity index (χ2v) is 2.54. The van der Waals surface area contributed by atoms with E-state index in [-0.39, 0.29) is 6.67 Å². The van der Waals surface area contributed by atoms with Gasteiger partial charge in [0.1, 0.15) is 0 Å². The molecule has 0 radical (unpaired) electrons. The Morgan fingerprint density at radius 3 is 2.82 bits per heavy atom. The molecule has 60 valence electrons. The van der Waals surface area contributed by atoms with Gasteiger partial charge in [-0.15, -0.1) is 0 Å². The lowest BCUT2D eigenvalue weighted by Crippen LogP contribution is -1.89. The van der Waals surface area contributed by atoms with Crippen molar-refractivity contribution in [1.29, 1.82) is 0 Å². The number of nitrogen functional groups attached to an aromatic ring is 1. The standard InChI is InChI=1S/C9H12FN/c10-6-2-4-8-3-1-5-9(11)7-8/h1,3,5,7H,2,4,6,11H2. The van der Waals surface area contributed by atoms with Crippen LogP contribution in [0.1, 0.15) is 12.0 Å². The van der Waals surface area contributed by atoms with Gasteiger partial charge in [-0.05, 0) is 30.5 Å². The molecule has 11 heavy (non-hydrogen) atoms. The van der Waals surface area contributed by atoms with Gasteiger partial charge in [0.05, 0.1) is 6.67 Å². The van der Waals surface area contributed by atoms with Crippen molar-refractivity contribution in [2.24, 2.45) is 0 Å². The first-order chi connectivity index (χ1) is 5.33. The molecular weight excluding hydrogens is 141 g/mol. The van der Waals surface area contributed by atoms with Crippen LogP contribution >= 0.6 is 0 Å². The Labute approximate surface area is 66.0 Å². The van der Waals surface area contributed by atoms with Crippen molar-refractivity contribution in [2.45, 2.75) is 12.8 Å². The number of halogens is 1. The van der Waals surface area contributed by atoms with E-state index in [9.17, 15) is 4.39 Å². The van der Waals surface area contributed by atoms with E-state index >= 15 is 0 Å². The van der Waals surface area contributed by atoms with Crippen LogP contribution in [-0.2, 0) is 6.42 Å². The van der Waals surface area contributed by atoms with Crippen LogP contribution in [0.25, 0.3) is 0 Å². The van der Waals surface area contributed by atoms with E-state index in [1.165, 1.54) is 0 Å². The highest BCUT2D eigenvalue weighted by atomic mass is 19.1. The molecule has 1 aromatic rings. The Bertz CT molecular complexity index is 223. The van der Waals surface area contributed by atoms with Crippen molar-refractivity contribution in [1.82, 2.24) is 0 Å². The van der Waals surface area contributed by atoms with Crippen molar-refractivity contribution in [2.75, 3.05) is 12.4 Å². The minimum Gasteiger partial charge on any atom is -0.399 e. The van der Waals surface area contributed by atoms with Gasteiger partial charge in [-0.3, -0.25) is 4.39 Å². The molecule has 0 bridgehead atoms. The largest absolute Gasteiger partial charge is 0.399 e. The predicted octanol–water partition coefficient (Wildman–Crippen LogP) is 2.17. The van der Waals surface area contributed by atoms with E-state index in [0.717, 1.165) is 17.7 Å². The molecule has 2 heteroatoms. The second-order valence-electron chi connectivity index (χ2n) is 2.54. The van der Waals surface area contributed by atoms with Crippen molar-refractivity contribution in [3.05, 3.63) is 29.8 Å². The maximum absolute atomic E-state index is 11.7. The molecule has 0 aliphatic carbocycles. The fraction of sp³-hybridized carbons (Fsp3) is 0.333. The Hall–Kier alpha value is -1.05. The Morgan fingerprint density at radius 1 is 1.36 bits per heavy atom. The lowest BCUT2D eigenvalue weighted by atomic mass is 10.1. The van der Waals surface area contributed by atoms with E-state index in [0.29, 0.717) is 6.42 Å².